The standard InChI is InChI=1S/C16H19NO2.C13H15NO2/c1-2-8-16-12-17(9-13-6-4-3-5-7-13)10-14(16)11-19-15(16)18;15-13-12-8-14(7-11(12)9-16-13)6-10-4-2-1-3-5-10/h2-7,14H,1,8-12H2;1-5,11-12H,6-9H2. The third kappa shape index (κ3) is 5.04. The van der Waals surface area contributed by atoms with Crippen molar-refractivity contribution in [1.82, 2.24) is 9.80 Å². The van der Waals surface area contributed by atoms with Crippen LogP contribution in [0, 0.1) is 23.2 Å². The van der Waals surface area contributed by atoms with Crippen LogP contribution in [0.4, 0.5) is 0 Å². The number of esters is 2. The van der Waals surface area contributed by atoms with Crippen molar-refractivity contribution in [2.45, 2.75) is 19.5 Å². The van der Waals surface area contributed by atoms with Gasteiger partial charge in [0.1, 0.15) is 0 Å². The molecule has 184 valence electrons. The van der Waals surface area contributed by atoms with Crippen LogP contribution in [-0.2, 0) is 32.2 Å². The number of ether oxygens (including phenoxy) is 2. The molecule has 4 fully saturated rings. The van der Waals surface area contributed by atoms with Gasteiger partial charge in [-0.2, -0.15) is 0 Å². The molecule has 2 aromatic carbocycles. The van der Waals surface area contributed by atoms with Gasteiger partial charge in [0.25, 0.3) is 0 Å². The number of allylic oxidation sites excluding steroid dienone is 1. The fourth-order valence-corrected chi connectivity index (χ4v) is 6.04. The highest BCUT2D eigenvalue weighted by atomic mass is 16.5. The molecule has 4 saturated heterocycles. The van der Waals surface area contributed by atoms with E-state index in [9.17, 15) is 9.59 Å². The first-order valence-electron chi connectivity index (χ1n) is 12.5. The van der Waals surface area contributed by atoms with Crippen molar-refractivity contribution in [3.63, 3.8) is 0 Å². The molecule has 6 rings (SSSR count). The summed E-state index contributed by atoms with van der Waals surface area (Å²) in [5.74, 6) is 0.843. The molecule has 0 radical (unpaired) electrons. The lowest BCUT2D eigenvalue weighted by Crippen LogP contribution is -2.34. The van der Waals surface area contributed by atoms with Gasteiger partial charge in [-0.05, 0) is 17.5 Å². The molecule has 0 spiro atoms. The number of cyclic esters (lactones) is 2. The fourth-order valence-electron chi connectivity index (χ4n) is 6.04. The summed E-state index contributed by atoms with van der Waals surface area (Å²) in [6, 6.07) is 20.8. The second-order valence-electron chi connectivity index (χ2n) is 10.3. The Morgan fingerprint density at radius 1 is 0.857 bits per heavy atom. The lowest BCUT2D eigenvalue weighted by atomic mass is 9.77. The predicted molar refractivity (Wildman–Crippen MR) is 133 cm³/mol. The van der Waals surface area contributed by atoms with Crippen molar-refractivity contribution >= 4 is 11.9 Å². The minimum Gasteiger partial charge on any atom is -0.465 e. The van der Waals surface area contributed by atoms with Crippen LogP contribution in [0.3, 0.4) is 0 Å². The quantitative estimate of drug-likeness (QED) is 0.472. The van der Waals surface area contributed by atoms with Crippen LogP contribution in [0.15, 0.2) is 73.3 Å². The smallest absolute Gasteiger partial charge is 0.314 e. The molecular formula is C29H34N2O4. The molecule has 4 atom stereocenters. The fraction of sp³-hybridized carbons (Fsp3) is 0.448. The SMILES string of the molecule is C=CCC12CN(Cc3ccccc3)CC1COC2=O.O=C1OCC2CN(Cc3ccccc3)CC12. The van der Waals surface area contributed by atoms with E-state index < -0.39 is 0 Å². The Labute approximate surface area is 207 Å². The maximum absolute atomic E-state index is 12.1. The van der Waals surface area contributed by atoms with Crippen LogP contribution >= 0.6 is 0 Å². The molecule has 0 N–H and O–H groups in total. The first-order chi connectivity index (χ1) is 17.1. The Bertz CT molecular complexity index is 1040. The predicted octanol–water partition coefficient (Wildman–Crippen LogP) is 3.53. The van der Waals surface area contributed by atoms with E-state index in [0.717, 1.165) is 45.7 Å². The number of hydrogen-bond acceptors (Lipinski definition) is 6. The molecule has 4 aliphatic heterocycles. The summed E-state index contributed by atoms with van der Waals surface area (Å²) < 4.78 is 10.3. The van der Waals surface area contributed by atoms with Gasteiger partial charge in [0.15, 0.2) is 0 Å². The Kier molecular flexibility index (Phi) is 7.02. The summed E-state index contributed by atoms with van der Waals surface area (Å²) >= 11 is 0. The number of nitrogens with zero attached hydrogens (tertiary/aromatic N) is 2. The van der Waals surface area contributed by atoms with Crippen molar-refractivity contribution in [2.24, 2.45) is 23.2 Å². The topological polar surface area (TPSA) is 59.1 Å². The van der Waals surface area contributed by atoms with Crippen LogP contribution in [0.5, 0.6) is 0 Å². The number of hydrogen-bond donors (Lipinski definition) is 0. The summed E-state index contributed by atoms with van der Waals surface area (Å²) in [4.78, 5) is 28.2. The Morgan fingerprint density at radius 3 is 2.14 bits per heavy atom. The van der Waals surface area contributed by atoms with Crippen molar-refractivity contribution in [2.75, 3.05) is 39.4 Å². The number of rotatable bonds is 6. The molecule has 0 saturated carbocycles. The van der Waals surface area contributed by atoms with Gasteiger partial charge in [0.05, 0.1) is 24.5 Å². The lowest BCUT2D eigenvalue weighted by Gasteiger charge is -2.23. The minimum atomic E-state index is -0.337. The van der Waals surface area contributed by atoms with Gasteiger partial charge in [-0.15, -0.1) is 6.58 Å². The number of carbonyl (C=O) groups is 2. The highest BCUT2D eigenvalue weighted by Crippen LogP contribution is 2.45. The van der Waals surface area contributed by atoms with E-state index in [0.29, 0.717) is 25.0 Å². The van der Waals surface area contributed by atoms with Gasteiger partial charge in [0.2, 0.25) is 0 Å². The molecular weight excluding hydrogens is 440 g/mol. The normalized spacial score (nSPS) is 29.7. The minimum absolute atomic E-state index is 0.000520. The van der Waals surface area contributed by atoms with Gasteiger partial charge in [0, 0.05) is 51.1 Å². The van der Waals surface area contributed by atoms with Gasteiger partial charge in [-0.25, -0.2) is 0 Å². The number of carbonyl (C=O) groups excluding carboxylic acids is 2. The largest absolute Gasteiger partial charge is 0.465 e. The number of likely N-dealkylation sites (tertiary alicyclic amines) is 2. The van der Waals surface area contributed by atoms with Crippen molar-refractivity contribution in [3.8, 4) is 0 Å². The van der Waals surface area contributed by atoms with Crippen molar-refractivity contribution in [3.05, 3.63) is 84.4 Å². The Balaban J connectivity index is 0.000000147. The van der Waals surface area contributed by atoms with Crippen molar-refractivity contribution in [1.29, 1.82) is 0 Å². The van der Waals surface area contributed by atoms with Crippen LogP contribution in [0.2, 0.25) is 0 Å². The van der Waals surface area contributed by atoms with Crippen molar-refractivity contribution < 1.29 is 19.1 Å². The van der Waals surface area contributed by atoms with E-state index in [4.69, 9.17) is 9.47 Å². The summed E-state index contributed by atoms with van der Waals surface area (Å²) in [6.07, 6.45) is 2.58. The Morgan fingerprint density at radius 2 is 1.51 bits per heavy atom. The molecule has 35 heavy (non-hydrogen) atoms. The molecule has 6 nitrogen and oxygen atoms in total. The second kappa shape index (κ2) is 10.3. The van der Waals surface area contributed by atoms with E-state index in [1.54, 1.807) is 0 Å². The summed E-state index contributed by atoms with van der Waals surface area (Å²) in [5, 5.41) is 0. The van der Waals surface area contributed by atoms with Crippen LogP contribution in [0.1, 0.15) is 17.5 Å². The highest BCUT2D eigenvalue weighted by Gasteiger charge is 2.56. The molecule has 0 bridgehead atoms. The maximum atomic E-state index is 12.1. The number of fused-ring (bicyclic) bond motifs is 2. The summed E-state index contributed by atoms with van der Waals surface area (Å²) in [5.41, 5.74) is 2.27. The van der Waals surface area contributed by atoms with Crippen LogP contribution < -0.4 is 0 Å². The zero-order valence-corrected chi connectivity index (χ0v) is 20.2. The first kappa shape index (κ1) is 23.8. The third-order valence-corrected chi connectivity index (χ3v) is 7.85. The third-order valence-electron chi connectivity index (χ3n) is 7.85. The lowest BCUT2D eigenvalue weighted by molar-refractivity contribution is -0.146. The molecule has 0 amide bonds. The zero-order valence-electron chi connectivity index (χ0n) is 20.2. The Hall–Kier alpha value is -2.96. The maximum Gasteiger partial charge on any atom is 0.314 e. The zero-order chi connectivity index (χ0) is 24.3. The average Bonchev–Trinajstić information content (AvgIpc) is 3.59. The number of benzene rings is 2. The van der Waals surface area contributed by atoms with Gasteiger partial charge >= 0.3 is 11.9 Å². The second-order valence-corrected chi connectivity index (χ2v) is 10.3. The molecule has 6 heteroatoms. The average molecular weight is 475 g/mol. The molecule has 0 aliphatic carbocycles. The van der Waals surface area contributed by atoms with E-state index in [1.807, 2.05) is 18.2 Å². The van der Waals surface area contributed by atoms with Gasteiger partial charge in [-0.1, -0.05) is 66.7 Å². The summed E-state index contributed by atoms with van der Waals surface area (Å²) in [7, 11) is 0. The first-order valence-corrected chi connectivity index (χ1v) is 12.5. The highest BCUT2D eigenvalue weighted by molar-refractivity contribution is 5.80. The summed E-state index contributed by atoms with van der Waals surface area (Å²) in [6.45, 7) is 10.4. The van der Waals surface area contributed by atoms with Gasteiger partial charge in [-0.3, -0.25) is 19.4 Å². The van der Waals surface area contributed by atoms with Gasteiger partial charge < -0.3 is 9.47 Å². The van der Waals surface area contributed by atoms with E-state index in [2.05, 4.69) is 64.9 Å². The molecule has 2 aromatic rings. The van der Waals surface area contributed by atoms with E-state index in [1.165, 1.54) is 11.1 Å². The van der Waals surface area contributed by atoms with E-state index in [-0.39, 0.29) is 23.3 Å². The monoisotopic (exact) mass is 474 g/mol. The van der Waals surface area contributed by atoms with Crippen LogP contribution in [0.25, 0.3) is 0 Å². The van der Waals surface area contributed by atoms with Crippen LogP contribution in [-0.4, -0.2) is 61.1 Å². The molecule has 4 heterocycles. The molecule has 4 aliphatic rings. The molecule has 0 aromatic heterocycles. The van der Waals surface area contributed by atoms with E-state index >= 15 is 0 Å². The molecule has 4 unspecified atom stereocenters.